The minimum atomic E-state index is -0.0929. The van der Waals surface area contributed by atoms with Crippen LogP contribution in [-0.4, -0.2) is 20.9 Å². The van der Waals surface area contributed by atoms with Gasteiger partial charge in [-0.25, -0.2) is 4.98 Å². The van der Waals surface area contributed by atoms with Crippen molar-refractivity contribution in [3.05, 3.63) is 83.4 Å². The molecule has 5 nitrogen and oxygen atoms in total. The SMILES string of the molecule is CC(C)(C)Cc1ccc2c(c1)sc1c(-c3[c-]c4ccc(C#N)cc4c(C(C)(C)C)c3)ncnc12.CCC(CC)C(=O)/C=C(\O)C(CC)CC.[Ir]. The van der Waals surface area contributed by atoms with Gasteiger partial charge < -0.3 is 5.11 Å². The number of aromatic nitrogens is 2. The summed E-state index contributed by atoms with van der Waals surface area (Å²) >= 11 is 1.76. The Morgan fingerprint density at radius 2 is 1.58 bits per heavy atom. The number of aliphatic hydroxyl groups is 1. The number of thiophene rings is 1. The molecule has 3 aromatic carbocycles. The average molecular weight is 867 g/mol. The van der Waals surface area contributed by atoms with E-state index in [4.69, 9.17) is 4.98 Å². The van der Waals surface area contributed by atoms with Crippen molar-refractivity contribution in [1.29, 1.82) is 5.26 Å². The number of aliphatic hydroxyl groups excluding tert-OH is 1. The van der Waals surface area contributed by atoms with Crippen molar-refractivity contribution in [1.82, 2.24) is 9.97 Å². The van der Waals surface area contributed by atoms with E-state index in [1.165, 1.54) is 27.3 Å². The number of carbonyl (C=O) groups excluding carboxylic acids is 1. The Morgan fingerprint density at radius 1 is 0.920 bits per heavy atom. The van der Waals surface area contributed by atoms with Crippen molar-refractivity contribution >= 4 is 48.2 Å². The van der Waals surface area contributed by atoms with E-state index in [-0.39, 0.29) is 54.3 Å². The Balaban J connectivity index is 0.000000361. The van der Waals surface area contributed by atoms with Gasteiger partial charge in [-0.1, -0.05) is 104 Å². The third-order valence-electron chi connectivity index (χ3n) is 9.19. The fourth-order valence-corrected chi connectivity index (χ4v) is 7.63. The van der Waals surface area contributed by atoms with Gasteiger partial charge in [0.2, 0.25) is 0 Å². The molecule has 0 fully saturated rings. The van der Waals surface area contributed by atoms with Crippen LogP contribution in [0.1, 0.15) is 112 Å². The summed E-state index contributed by atoms with van der Waals surface area (Å²) in [5, 5.41) is 22.4. The molecular formula is C43H52IrN3O2S-. The first-order valence-electron chi connectivity index (χ1n) is 17.6. The third-order valence-corrected chi connectivity index (χ3v) is 10.3. The second kappa shape index (κ2) is 17.2. The maximum atomic E-state index is 11.7. The molecule has 5 rings (SSSR count). The van der Waals surface area contributed by atoms with Gasteiger partial charge in [-0.2, -0.15) is 5.26 Å². The molecule has 0 saturated heterocycles. The summed E-state index contributed by atoms with van der Waals surface area (Å²) in [5.41, 5.74) is 6.23. The van der Waals surface area contributed by atoms with Gasteiger partial charge in [-0.15, -0.1) is 40.5 Å². The van der Waals surface area contributed by atoms with Crippen molar-refractivity contribution in [3.8, 4) is 17.3 Å². The fourth-order valence-electron chi connectivity index (χ4n) is 6.41. The van der Waals surface area contributed by atoms with Crippen LogP contribution in [0.25, 0.3) is 42.3 Å². The van der Waals surface area contributed by atoms with Crippen LogP contribution in [0.5, 0.6) is 0 Å². The van der Waals surface area contributed by atoms with Gasteiger partial charge in [-0.3, -0.25) is 9.78 Å². The number of rotatable bonds is 9. The van der Waals surface area contributed by atoms with Crippen molar-refractivity contribution in [2.45, 2.75) is 107 Å². The summed E-state index contributed by atoms with van der Waals surface area (Å²) < 4.78 is 2.34. The van der Waals surface area contributed by atoms with E-state index < -0.39 is 0 Å². The molecule has 0 spiro atoms. The molecule has 0 unspecified atom stereocenters. The van der Waals surface area contributed by atoms with Crippen LogP contribution in [0.3, 0.4) is 0 Å². The zero-order valence-corrected chi connectivity index (χ0v) is 34.5. The van der Waals surface area contributed by atoms with Crippen molar-refractivity contribution in [2.75, 3.05) is 0 Å². The zero-order valence-electron chi connectivity index (χ0n) is 31.3. The molecule has 5 aromatic rings. The van der Waals surface area contributed by atoms with E-state index in [2.05, 4.69) is 82.9 Å². The van der Waals surface area contributed by atoms with Crippen LogP contribution in [0, 0.1) is 34.6 Å². The van der Waals surface area contributed by atoms with Gasteiger partial charge in [0, 0.05) is 64.1 Å². The number of hydrogen-bond donors (Lipinski definition) is 1. The van der Waals surface area contributed by atoms with E-state index in [0.29, 0.717) is 5.56 Å². The quantitative estimate of drug-likeness (QED) is 0.0906. The summed E-state index contributed by atoms with van der Waals surface area (Å²) in [6.07, 6.45) is 7.61. The Morgan fingerprint density at radius 3 is 2.16 bits per heavy atom. The minimum absolute atomic E-state index is 0. The van der Waals surface area contributed by atoms with Gasteiger partial charge in [0.05, 0.1) is 17.3 Å². The molecule has 267 valence electrons. The van der Waals surface area contributed by atoms with Crippen LogP contribution in [0.2, 0.25) is 0 Å². The molecule has 0 saturated carbocycles. The van der Waals surface area contributed by atoms with Crippen LogP contribution in [0.4, 0.5) is 0 Å². The number of allylic oxidation sites excluding steroid dienone is 2. The molecule has 2 aromatic heterocycles. The molecule has 7 heteroatoms. The normalized spacial score (nSPS) is 12.3. The van der Waals surface area contributed by atoms with E-state index >= 15 is 0 Å². The molecule has 0 aliphatic rings. The molecule has 1 N–H and O–H groups in total. The number of hydrogen-bond acceptors (Lipinski definition) is 6. The van der Waals surface area contributed by atoms with Crippen LogP contribution in [-0.2, 0) is 36.7 Å². The van der Waals surface area contributed by atoms with E-state index in [1.54, 1.807) is 17.7 Å². The van der Waals surface area contributed by atoms with Crippen molar-refractivity contribution in [2.24, 2.45) is 17.3 Å². The second-order valence-corrected chi connectivity index (χ2v) is 16.3. The molecule has 0 atom stereocenters. The largest absolute Gasteiger partial charge is 0.512 e. The van der Waals surface area contributed by atoms with Gasteiger partial charge in [0.1, 0.15) is 6.33 Å². The van der Waals surface area contributed by atoms with E-state index in [1.807, 2.05) is 45.9 Å². The van der Waals surface area contributed by atoms with Crippen LogP contribution >= 0.6 is 11.3 Å². The maximum Gasteiger partial charge on any atom is 0.162 e. The topological polar surface area (TPSA) is 86.9 Å². The molecule has 2 heterocycles. The van der Waals surface area contributed by atoms with Gasteiger partial charge in [0.25, 0.3) is 0 Å². The molecule has 0 aliphatic heterocycles. The van der Waals surface area contributed by atoms with E-state index in [0.717, 1.165) is 64.4 Å². The Bertz CT molecular complexity index is 2020. The summed E-state index contributed by atoms with van der Waals surface area (Å²) in [4.78, 5) is 21.1. The molecule has 0 aliphatic carbocycles. The monoisotopic (exact) mass is 867 g/mol. The Hall–Kier alpha value is -3.43. The second-order valence-electron chi connectivity index (χ2n) is 15.3. The van der Waals surface area contributed by atoms with Gasteiger partial charge in [0.15, 0.2) is 5.78 Å². The number of carbonyl (C=O) groups is 1. The number of ketones is 1. The van der Waals surface area contributed by atoms with Gasteiger partial charge in [-0.05, 0) is 54.6 Å². The first-order chi connectivity index (χ1) is 23.1. The maximum absolute atomic E-state index is 11.7. The summed E-state index contributed by atoms with van der Waals surface area (Å²) in [6.45, 7) is 21.5. The predicted octanol–water partition coefficient (Wildman–Crippen LogP) is 12.1. The Labute approximate surface area is 316 Å². The van der Waals surface area contributed by atoms with Gasteiger partial charge >= 0.3 is 0 Å². The zero-order chi connectivity index (χ0) is 36.1. The van der Waals surface area contributed by atoms with Crippen LogP contribution < -0.4 is 0 Å². The standard InChI is InChI=1S/C30H28N3S.C13H24O2.Ir/c1-29(2,3)15-18-8-10-22-25(12-18)34-28-26(32-17-33-27(22)28)21-13-20-9-7-19(16-31)11-23(20)24(14-21)30(4,5)6;1-5-10(6-2)12(14)9-13(15)11(7-3)8-4;/h7-12,14,17H,15H2,1-6H3;9-11,14H,5-8H2,1-4H3;/q-1;;/b;12-9-;. The number of benzene rings is 3. The van der Waals surface area contributed by atoms with Crippen molar-refractivity contribution in [3.63, 3.8) is 0 Å². The molecule has 0 bridgehead atoms. The molecule has 50 heavy (non-hydrogen) atoms. The first kappa shape index (κ1) is 41.0. The van der Waals surface area contributed by atoms with Crippen LogP contribution in [0.15, 0.2) is 60.6 Å². The predicted molar refractivity (Wildman–Crippen MR) is 207 cm³/mol. The third kappa shape index (κ3) is 9.66. The molecule has 1 radical (unpaired) electrons. The molecule has 0 amide bonds. The molecular weight excluding hydrogens is 815 g/mol. The summed E-state index contributed by atoms with van der Waals surface area (Å²) in [6, 6.07) is 20.6. The Kier molecular flexibility index (Phi) is 14.1. The minimum Gasteiger partial charge on any atom is -0.512 e. The summed E-state index contributed by atoms with van der Waals surface area (Å²) in [5.74, 6) is 0.547. The number of nitriles is 1. The summed E-state index contributed by atoms with van der Waals surface area (Å²) in [7, 11) is 0. The fraction of sp³-hybridized carbons (Fsp3) is 0.442. The number of fused-ring (bicyclic) bond motifs is 4. The smallest absolute Gasteiger partial charge is 0.162 e. The first-order valence-corrected chi connectivity index (χ1v) is 18.5. The van der Waals surface area contributed by atoms with Crippen molar-refractivity contribution < 1.29 is 30.0 Å². The van der Waals surface area contributed by atoms with E-state index in [9.17, 15) is 15.2 Å². The number of nitrogens with zero attached hydrogens (tertiary/aromatic N) is 3. The average Bonchev–Trinajstić information content (AvgIpc) is 3.42.